The van der Waals surface area contributed by atoms with Gasteiger partial charge < -0.3 is 14.2 Å². The van der Waals surface area contributed by atoms with Crippen LogP contribution in [-0.2, 0) is 10.9 Å². The molecule has 0 aliphatic rings. The number of benzene rings is 1. The summed E-state index contributed by atoms with van der Waals surface area (Å²) in [5.74, 6) is -0.0577. The summed E-state index contributed by atoms with van der Waals surface area (Å²) < 4.78 is 56.9. The molecule has 154 valence electrons. The lowest BCUT2D eigenvalue weighted by atomic mass is 10.1. The molecule has 0 amide bonds. The van der Waals surface area contributed by atoms with Gasteiger partial charge in [-0.25, -0.2) is 14.3 Å². The molecule has 0 unspecified atom stereocenters. The third kappa shape index (κ3) is 4.10. The second-order valence-corrected chi connectivity index (χ2v) is 6.35. The Labute approximate surface area is 164 Å². The van der Waals surface area contributed by atoms with Crippen LogP contribution < -0.4 is 9.47 Å². The lowest BCUT2D eigenvalue weighted by Crippen LogP contribution is -2.15. The van der Waals surface area contributed by atoms with Crippen molar-refractivity contribution >= 4 is 11.6 Å². The quantitative estimate of drug-likeness (QED) is 0.593. The van der Waals surface area contributed by atoms with Crippen LogP contribution in [0.2, 0.25) is 0 Å². The van der Waals surface area contributed by atoms with Crippen molar-refractivity contribution in [3.8, 4) is 22.8 Å². The second kappa shape index (κ2) is 7.61. The van der Waals surface area contributed by atoms with E-state index in [1.807, 2.05) is 0 Å². The van der Waals surface area contributed by atoms with Crippen LogP contribution in [0.15, 0.2) is 30.3 Å². The number of fused-ring (bicyclic) bond motifs is 1. The van der Waals surface area contributed by atoms with Crippen molar-refractivity contribution in [2.75, 3.05) is 14.2 Å². The van der Waals surface area contributed by atoms with Crippen molar-refractivity contribution in [3.63, 3.8) is 0 Å². The molecule has 3 aromatic rings. The lowest BCUT2D eigenvalue weighted by molar-refractivity contribution is -0.142. The van der Waals surface area contributed by atoms with Gasteiger partial charge in [0.15, 0.2) is 28.5 Å². The molecule has 2 heterocycles. The Morgan fingerprint density at radius 1 is 1.07 bits per heavy atom. The minimum atomic E-state index is -4.72. The summed E-state index contributed by atoms with van der Waals surface area (Å²) in [6, 6.07) is 6.66. The van der Waals surface area contributed by atoms with E-state index in [4.69, 9.17) is 14.2 Å². The summed E-state index contributed by atoms with van der Waals surface area (Å²) >= 11 is 0. The number of rotatable bonds is 5. The van der Waals surface area contributed by atoms with Gasteiger partial charge in [0.2, 0.25) is 0 Å². The first-order chi connectivity index (χ1) is 13.6. The highest BCUT2D eigenvalue weighted by Crippen LogP contribution is 2.35. The van der Waals surface area contributed by atoms with Crippen molar-refractivity contribution in [2.24, 2.45) is 0 Å². The molecule has 0 aliphatic heterocycles. The SMILES string of the molecule is COc1ccc(-c2cc(C(F)(F)F)n3nc(C(=O)OC(C)C)cc3n2)cc1OC. The maximum atomic E-state index is 13.6. The largest absolute Gasteiger partial charge is 0.493 e. The molecule has 3 rings (SSSR count). The molecule has 29 heavy (non-hydrogen) atoms. The number of nitrogens with zero attached hydrogens (tertiary/aromatic N) is 3. The van der Waals surface area contributed by atoms with Gasteiger partial charge in [-0.3, -0.25) is 0 Å². The predicted molar refractivity (Wildman–Crippen MR) is 97.1 cm³/mol. The summed E-state index contributed by atoms with van der Waals surface area (Å²) in [4.78, 5) is 16.3. The molecule has 0 N–H and O–H groups in total. The van der Waals surface area contributed by atoms with Crippen molar-refractivity contribution in [3.05, 3.63) is 41.7 Å². The zero-order valence-electron chi connectivity index (χ0n) is 16.1. The highest BCUT2D eigenvalue weighted by atomic mass is 19.4. The molecule has 0 aliphatic carbocycles. The minimum absolute atomic E-state index is 0.0365. The lowest BCUT2D eigenvalue weighted by Gasteiger charge is -2.12. The molecule has 2 aromatic heterocycles. The van der Waals surface area contributed by atoms with Crippen LogP contribution in [0.4, 0.5) is 13.2 Å². The number of halogens is 3. The van der Waals surface area contributed by atoms with Gasteiger partial charge in [0.25, 0.3) is 0 Å². The van der Waals surface area contributed by atoms with Crippen LogP contribution in [-0.4, -0.2) is 40.9 Å². The van der Waals surface area contributed by atoms with E-state index < -0.39 is 23.9 Å². The molecular weight excluding hydrogens is 391 g/mol. The summed E-state index contributed by atoms with van der Waals surface area (Å²) in [6.45, 7) is 3.25. The molecule has 0 fully saturated rings. The maximum Gasteiger partial charge on any atom is 0.433 e. The molecule has 1 aromatic carbocycles. The number of hydrogen-bond donors (Lipinski definition) is 0. The Bertz CT molecular complexity index is 1060. The van der Waals surface area contributed by atoms with Gasteiger partial charge in [-0.15, -0.1) is 0 Å². The fraction of sp³-hybridized carbons (Fsp3) is 0.316. The average molecular weight is 409 g/mol. The molecule has 7 nitrogen and oxygen atoms in total. The molecule has 0 atom stereocenters. The topological polar surface area (TPSA) is 75.0 Å². The first kappa shape index (κ1) is 20.4. The molecule has 0 bridgehead atoms. The number of ether oxygens (including phenoxy) is 3. The highest BCUT2D eigenvalue weighted by molar-refractivity contribution is 5.88. The Hall–Kier alpha value is -3.30. The van der Waals surface area contributed by atoms with E-state index in [1.165, 1.54) is 20.3 Å². The number of methoxy groups -OCH3 is 2. The van der Waals surface area contributed by atoms with Gasteiger partial charge in [0, 0.05) is 11.6 Å². The van der Waals surface area contributed by atoms with Crippen LogP contribution >= 0.6 is 0 Å². The smallest absolute Gasteiger partial charge is 0.433 e. The average Bonchev–Trinajstić information content (AvgIpc) is 3.09. The van der Waals surface area contributed by atoms with E-state index in [0.29, 0.717) is 21.6 Å². The molecule has 0 saturated heterocycles. The molecule has 0 radical (unpaired) electrons. The summed E-state index contributed by atoms with van der Waals surface area (Å²) in [5.41, 5.74) is -1.06. The third-order valence-corrected chi connectivity index (χ3v) is 3.95. The monoisotopic (exact) mass is 409 g/mol. The fourth-order valence-electron chi connectivity index (χ4n) is 2.69. The number of alkyl halides is 3. The predicted octanol–water partition coefficient (Wildman–Crippen LogP) is 4.00. The zero-order chi connectivity index (χ0) is 21.3. The number of carbonyl (C=O) groups excluding carboxylic acids is 1. The minimum Gasteiger partial charge on any atom is -0.493 e. The van der Waals surface area contributed by atoms with Gasteiger partial charge in [-0.05, 0) is 38.1 Å². The van der Waals surface area contributed by atoms with E-state index in [1.54, 1.807) is 26.0 Å². The van der Waals surface area contributed by atoms with E-state index in [9.17, 15) is 18.0 Å². The van der Waals surface area contributed by atoms with Crippen LogP contribution in [0.25, 0.3) is 16.9 Å². The van der Waals surface area contributed by atoms with Gasteiger partial charge in [-0.2, -0.15) is 18.3 Å². The number of esters is 1. The first-order valence-corrected chi connectivity index (χ1v) is 8.55. The Balaban J connectivity index is 2.18. The maximum absolute atomic E-state index is 13.6. The van der Waals surface area contributed by atoms with E-state index in [0.717, 1.165) is 12.1 Å². The van der Waals surface area contributed by atoms with Crippen molar-refractivity contribution < 1.29 is 32.2 Å². The van der Waals surface area contributed by atoms with Gasteiger partial charge in [-0.1, -0.05) is 0 Å². The third-order valence-electron chi connectivity index (χ3n) is 3.95. The van der Waals surface area contributed by atoms with Gasteiger partial charge >= 0.3 is 12.1 Å². The summed E-state index contributed by atoms with van der Waals surface area (Å²) in [6.07, 6.45) is -5.16. The Kier molecular flexibility index (Phi) is 5.36. The molecular formula is C19H18F3N3O4. The summed E-state index contributed by atoms with van der Waals surface area (Å²) in [7, 11) is 2.87. The number of carbonyl (C=O) groups is 1. The highest BCUT2D eigenvalue weighted by Gasteiger charge is 2.36. The van der Waals surface area contributed by atoms with Crippen LogP contribution in [0, 0.1) is 0 Å². The fourth-order valence-corrected chi connectivity index (χ4v) is 2.69. The van der Waals surface area contributed by atoms with E-state index in [-0.39, 0.29) is 17.0 Å². The van der Waals surface area contributed by atoms with Crippen LogP contribution in [0.5, 0.6) is 11.5 Å². The van der Waals surface area contributed by atoms with Crippen LogP contribution in [0.1, 0.15) is 30.0 Å². The van der Waals surface area contributed by atoms with Crippen molar-refractivity contribution in [2.45, 2.75) is 26.1 Å². The molecule has 0 spiro atoms. The summed E-state index contributed by atoms with van der Waals surface area (Å²) in [5, 5.41) is 3.74. The van der Waals surface area contributed by atoms with E-state index in [2.05, 4.69) is 10.1 Å². The number of aromatic nitrogens is 3. The van der Waals surface area contributed by atoms with Crippen molar-refractivity contribution in [1.82, 2.24) is 14.6 Å². The van der Waals surface area contributed by atoms with Gasteiger partial charge in [0.1, 0.15) is 0 Å². The van der Waals surface area contributed by atoms with Crippen molar-refractivity contribution in [1.29, 1.82) is 0 Å². The van der Waals surface area contributed by atoms with E-state index >= 15 is 0 Å². The zero-order valence-corrected chi connectivity index (χ0v) is 16.1. The standard InChI is InChI=1S/C19H18F3N3O4/c1-10(2)29-18(26)13-9-17-23-12(8-16(19(20,21)22)25(17)24-13)11-5-6-14(27-3)15(7-11)28-4/h5-10H,1-4H3. The molecule has 0 saturated carbocycles. The normalized spacial score (nSPS) is 11.7. The number of hydrogen-bond acceptors (Lipinski definition) is 6. The Morgan fingerprint density at radius 3 is 2.34 bits per heavy atom. The second-order valence-electron chi connectivity index (χ2n) is 6.35. The molecule has 10 heteroatoms. The first-order valence-electron chi connectivity index (χ1n) is 8.55. The van der Waals surface area contributed by atoms with Crippen LogP contribution in [0.3, 0.4) is 0 Å². The Morgan fingerprint density at radius 2 is 1.76 bits per heavy atom. The van der Waals surface area contributed by atoms with Gasteiger partial charge in [0.05, 0.1) is 26.0 Å².